The molecule has 1 aromatic carbocycles. The number of nitrogen functional groups attached to an aromatic ring is 1. The Balaban J connectivity index is 1.61. The van der Waals surface area contributed by atoms with E-state index in [-0.39, 0.29) is 5.91 Å². The summed E-state index contributed by atoms with van der Waals surface area (Å²) in [6, 6.07) is 13.4. The molecule has 1 amide bonds. The van der Waals surface area contributed by atoms with Crippen LogP contribution in [0.1, 0.15) is 27.5 Å². The first-order valence-corrected chi connectivity index (χ1v) is 6.32. The predicted octanol–water partition coefficient (Wildman–Crippen LogP) is 1.73. The fraction of sp³-hybridized carbons (Fsp3) is 0.200. The number of carbonyl (C=O) groups is 1. The van der Waals surface area contributed by atoms with Crippen LogP contribution in [0.4, 0.5) is 5.82 Å². The second kappa shape index (κ2) is 4.72. The Hall–Kier alpha value is -2.36. The molecule has 1 aliphatic rings. The molecular formula is C15H15N3O. The molecule has 0 saturated carbocycles. The van der Waals surface area contributed by atoms with Crippen molar-refractivity contribution in [2.75, 3.05) is 12.3 Å². The molecule has 0 aliphatic heterocycles. The molecule has 0 radical (unpaired) electrons. The van der Waals surface area contributed by atoms with Gasteiger partial charge in [-0.05, 0) is 29.7 Å². The van der Waals surface area contributed by atoms with E-state index < -0.39 is 0 Å². The van der Waals surface area contributed by atoms with Crippen LogP contribution in [0.25, 0.3) is 0 Å². The maximum Gasteiger partial charge on any atom is 0.269 e. The average molecular weight is 253 g/mol. The van der Waals surface area contributed by atoms with E-state index in [1.165, 1.54) is 11.1 Å². The number of nitrogens with two attached hydrogens (primary N) is 1. The molecular weight excluding hydrogens is 238 g/mol. The lowest BCUT2D eigenvalue weighted by atomic mass is 9.77. The Labute approximate surface area is 111 Å². The number of hydrogen-bond acceptors (Lipinski definition) is 3. The van der Waals surface area contributed by atoms with Crippen LogP contribution in [0.3, 0.4) is 0 Å². The first-order valence-electron chi connectivity index (χ1n) is 6.32. The number of nitrogens with one attached hydrogen (secondary N) is 1. The van der Waals surface area contributed by atoms with Crippen molar-refractivity contribution in [3.63, 3.8) is 0 Å². The van der Waals surface area contributed by atoms with Gasteiger partial charge in [0.15, 0.2) is 0 Å². The first-order chi connectivity index (χ1) is 9.24. The highest BCUT2D eigenvalue weighted by Gasteiger charge is 2.25. The normalized spacial score (nSPS) is 16.3. The molecule has 4 heteroatoms. The number of benzene rings is 1. The van der Waals surface area contributed by atoms with Crippen molar-refractivity contribution < 1.29 is 4.79 Å². The first kappa shape index (κ1) is 11.7. The van der Waals surface area contributed by atoms with Gasteiger partial charge in [0.1, 0.15) is 11.5 Å². The van der Waals surface area contributed by atoms with E-state index in [0.717, 1.165) is 6.42 Å². The van der Waals surface area contributed by atoms with E-state index in [4.69, 9.17) is 5.73 Å². The monoisotopic (exact) mass is 253 g/mol. The number of anilines is 1. The quantitative estimate of drug-likeness (QED) is 0.875. The Morgan fingerprint density at radius 1 is 1.26 bits per heavy atom. The zero-order chi connectivity index (χ0) is 13.2. The minimum absolute atomic E-state index is 0.170. The number of fused-ring (bicyclic) bond motifs is 1. The minimum atomic E-state index is -0.170. The van der Waals surface area contributed by atoms with Gasteiger partial charge in [0, 0.05) is 12.5 Å². The number of pyridine rings is 1. The molecule has 19 heavy (non-hydrogen) atoms. The molecule has 2 aromatic rings. The summed E-state index contributed by atoms with van der Waals surface area (Å²) in [6.07, 6.45) is 1.03. The van der Waals surface area contributed by atoms with Gasteiger partial charge >= 0.3 is 0 Å². The smallest absolute Gasteiger partial charge is 0.269 e. The van der Waals surface area contributed by atoms with Crippen LogP contribution >= 0.6 is 0 Å². The summed E-state index contributed by atoms with van der Waals surface area (Å²) in [5.41, 5.74) is 8.64. The van der Waals surface area contributed by atoms with E-state index in [9.17, 15) is 4.79 Å². The van der Waals surface area contributed by atoms with Gasteiger partial charge in [-0.3, -0.25) is 4.79 Å². The Morgan fingerprint density at radius 3 is 2.89 bits per heavy atom. The van der Waals surface area contributed by atoms with Gasteiger partial charge < -0.3 is 11.1 Å². The number of rotatable bonds is 3. The predicted molar refractivity (Wildman–Crippen MR) is 73.9 cm³/mol. The molecule has 1 aromatic heterocycles. The van der Waals surface area contributed by atoms with Gasteiger partial charge in [0.25, 0.3) is 5.91 Å². The van der Waals surface area contributed by atoms with Gasteiger partial charge in [0.05, 0.1) is 0 Å². The molecule has 3 N–H and O–H groups in total. The van der Waals surface area contributed by atoms with Gasteiger partial charge in [-0.15, -0.1) is 0 Å². The molecule has 0 spiro atoms. The lowest BCUT2D eigenvalue weighted by molar-refractivity contribution is 0.0945. The van der Waals surface area contributed by atoms with E-state index >= 15 is 0 Å². The fourth-order valence-electron chi connectivity index (χ4n) is 2.43. The van der Waals surface area contributed by atoms with Crippen molar-refractivity contribution in [3.8, 4) is 0 Å². The second-order valence-electron chi connectivity index (χ2n) is 4.76. The molecule has 0 bridgehead atoms. The van der Waals surface area contributed by atoms with Crippen molar-refractivity contribution in [1.29, 1.82) is 0 Å². The molecule has 1 unspecified atom stereocenters. The summed E-state index contributed by atoms with van der Waals surface area (Å²) < 4.78 is 0. The number of carbonyl (C=O) groups excluding carboxylic acids is 1. The van der Waals surface area contributed by atoms with E-state index in [1.54, 1.807) is 18.2 Å². The maximum atomic E-state index is 11.9. The highest BCUT2D eigenvalue weighted by molar-refractivity contribution is 5.92. The number of hydrogen-bond donors (Lipinski definition) is 2. The highest BCUT2D eigenvalue weighted by atomic mass is 16.1. The van der Waals surface area contributed by atoms with Crippen molar-refractivity contribution in [2.45, 2.75) is 12.3 Å². The summed E-state index contributed by atoms with van der Waals surface area (Å²) in [4.78, 5) is 15.9. The minimum Gasteiger partial charge on any atom is -0.384 e. The number of aromatic nitrogens is 1. The van der Waals surface area contributed by atoms with Crippen LogP contribution in [0.15, 0.2) is 42.5 Å². The third-order valence-electron chi connectivity index (χ3n) is 3.47. The molecule has 1 aliphatic carbocycles. The summed E-state index contributed by atoms with van der Waals surface area (Å²) in [5.74, 6) is 0.611. The average Bonchev–Trinajstić information content (AvgIpc) is 2.39. The van der Waals surface area contributed by atoms with Crippen molar-refractivity contribution in [1.82, 2.24) is 10.3 Å². The summed E-state index contributed by atoms with van der Waals surface area (Å²) >= 11 is 0. The van der Waals surface area contributed by atoms with E-state index in [1.807, 2.05) is 12.1 Å². The summed E-state index contributed by atoms with van der Waals surface area (Å²) in [7, 11) is 0. The highest BCUT2D eigenvalue weighted by Crippen LogP contribution is 2.33. The number of nitrogens with zero attached hydrogens (tertiary/aromatic N) is 1. The lowest BCUT2D eigenvalue weighted by Gasteiger charge is -2.30. The van der Waals surface area contributed by atoms with Gasteiger partial charge in [0.2, 0.25) is 0 Å². The van der Waals surface area contributed by atoms with Crippen molar-refractivity contribution in [3.05, 3.63) is 59.3 Å². The lowest BCUT2D eigenvalue weighted by Crippen LogP contribution is -2.33. The zero-order valence-electron chi connectivity index (χ0n) is 10.5. The van der Waals surface area contributed by atoms with Gasteiger partial charge in [-0.2, -0.15) is 0 Å². The standard InChI is InChI=1S/C15H15N3O/c16-14-7-3-6-13(18-14)15(19)17-9-11-8-10-4-1-2-5-12(10)11/h1-7,11H,8-9H2,(H2,16,18)(H,17,19). The zero-order valence-corrected chi connectivity index (χ0v) is 10.5. The van der Waals surface area contributed by atoms with Crippen LogP contribution in [0, 0.1) is 0 Å². The van der Waals surface area contributed by atoms with Crippen LogP contribution < -0.4 is 11.1 Å². The Morgan fingerprint density at radius 2 is 2.11 bits per heavy atom. The molecule has 1 atom stereocenters. The summed E-state index contributed by atoms with van der Waals surface area (Å²) in [6.45, 7) is 0.645. The Kier molecular flexibility index (Phi) is 2.91. The second-order valence-corrected chi connectivity index (χ2v) is 4.76. The van der Waals surface area contributed by atoms with Crippen LogP contribution in [0.5, 0.6) is 0 Å². The Bertz CT molecular complexity index is 624. The van der Waals surface area contributed by atoms with Crippen molar-refractivity contribution >= 4 is 11.7 Å². The molecule has 1 heterocycles. The van der Waals surface area contributed by atoms with E-state index in [0.29, 0.717) is 24.0 Å². The van der Waals surface area contributed by atoms with Crippen LogP contribution in [0.2, 0.25) is 0 Å². The number of amides is 1. The largest absolute Gasteiger partial charge is 0.384 e. The third-order valence-corrected chi connectivity index (χ3v) is 3.47. The SMILES string of the molecule is Nc1cccc(C(=O)NCC2Cc3ccccc32)n1. The van der Waals surface area contributed by atoms with Crippen LogP contribution in [-0.2, 0) is 6.42 Å². The molecule has 0 saturated heterocycles. The molecule has 0 fully saturated rings. The van der Waals surface area contributed by atoms with Gasteiger partial charge in [-0.25, -0.2) is 4.98 Å². The third kappa shape index (κ3) is 2.29. The molecule has 3 rings (SSSR count). The molecule has 4 nitrogen and oxygen atoms in total. The topological polar surface area (TPSA) is 68.0 Å². The van der Waals surface area contributed by atoms with Gasteiger partial charge in [-0.1, -0.05) is 30.3 Å². The summed E-state index contributed by atoms with van der Waals surface area (Å²) in [5, 5.41) is 2.91. The fourth-order valence-corrected chi connectivity index (χ4v) is 2.43. The van der Waals surface area contributed by atoms with E-state index in [2.05, 4.69) is 22.4 Å². The van der Waals surface area contributed by atoms with Crippen molar-refractivity contribution in [2.24, 2.45) is 0 Å². The maximum absolute atomic E-state index is 11.9. The van der Waals surface area contributed by atoms with Crippen LogP contribution in [-0.4, -0.2) is 17.4 Å². The molecule has 96 valence electrons.